The van der Waals surface area contributed by atoms with Crippen LogP contribution in [0, 0.1) is 11.8 Å². The lowest BCUT2D eigenvalue weighted by Crippen LogP contribution is -2.03. The van der Waals surface area contributed by atoms with E-state index in [2.05, 4.69) is 27.7 Å². The molecule has 1 atom stereocenters. The SMILES string of the molecule is CCCCCCCCCC(C)C(C)C. The quantitative estimate of drug-likeness (QED) is 0.434. The van der Waals surface area contributed by atoms with Crippen LogP contribution in [0.15, 0.2) is 0 Å². The molecule has 0 spiro atoms. The van der Waals surface area contributed by atoms with Crippen molar-refractivity contribution in [2.75, 3.05) is 0 Å². The van der Waals surface area contributed by atoms with Crippen molar-refractivity contribution >= 4 is 0 Å². The van der Waals surface area contributed by atoms with Gasteiger partial charge >= 0.3 is 0 Å². The summed E-state index contributed by atoms with van der Waals surface area (Å²) >= 11 is 0. The van der Waals surface area contributed by atoms with Crippen LogP contribution >= 0.6 is 0 Å². The van der Waals surface area contributed by atoms with Crippen molar-refractivity contribution in [1.82, 2.24) is 0 Å². The normalized spacial score (nSPS) is 13.5. The van der Waals surface area contributed by atoms with Gasteiger partial charge in [-0.05, 0) is 11.8 Å². The first-order valence-corrected chi connectivity index (χ1v) is 6.68. The smallest absolute Gasteiger partial charge is 0.0420 e. The Bertz CT molecular complexity index is 105. The molecular formula is C14H30. The summed E-state index contributed by atoms with van der Waals surface area (Å²) in [6, 6.07) is 0. The van der Waals surface area contributed by atoms with E-state index in [1.165, 1.54) is 51.4 Å². The number of rotatable bonds is 9. The highest BCUT2D eigenvalue weighted by atomic mass is 14.1. The number of hydrogen-bond donors (Lipinski definition) is 0. The Kier molecular flexibility index (Phi) is 9.55. The van der Waals surface area contributed by atoms with E-state index in [1.807, 2.05) is 0 Å². The van der Waals surface area contributed by atoms with Crippen LogP contribution in [0.4, 0.5) is 0 Å². The number of unbranched alkanes of at least 4 members (excludes halogenated alkanes) is 6. The van der Waals surface area contributed by atoms with E-state index < -0.39 is 0 Å². The minimum Gasteiger partial charge on any atom is -0.0654 e. The molecule has 0 aromatic carbocycles. The molecule has 0 N–H and O–H groups in total. The van der Waals surface area contributed by atoms with Crippen LogP contribution in [-0.2, 0) is 0 Å². The molecule has 0 bridgehead atoms. The standard InChI is InChI=1S/C14H30/c1-5-6-7-8-9-10-11-12-14(4)13(2)3/h13-14H,5-12H2,1-4H3. The summed E-state index contributed by atoms with van der Waals surface area (Å²) in [6.45, 7) is 9.35. The molecule has 0 radical (unpaired) electrons. The Morgan fingerprint density at radius 3 is 1.71 bits per heavy atom. The van der Waals surface area contributed by atoms with Crippen LogP contribution in [0.2, 0.25) is 0 Å². The maximum absolute atomic E-state index is 2.39. The molecule has 0 saturated heterocycles. The lowest BCUT2D eigenvalue weighted by molar-refractivity contribution is 0.374. The van der Waals surface area contributed by atoms with Gasteiger partial charge in [0.15, 0.2) is 0 Å². The third kappa shape index (κ3) is 8.59. The molecular weight excluding hydrogens is 168 g/mol. The second-order valence-corrected chi connectivity index (χ2v) is 5.13. The van der Waals surface area contributed by atoms with Crippen LogP contribution in [0.3, 0.4) is 0 Å². The molecule has 0 aliphatic carbocycles. The Labute approximate surface area is 91.5 Å². The first-order valence-electron chi connectivity index (χ1n) is 6.68. The Balaban J connectivity index is 3.06. The largest absolute Gasteiger partial charge is 0.0654 e. The van der Waals surface area contributed by atoms with E-state index in [0.29, 0.717) is 0 Å². The van der Waals surface area contributed by atoms with Crippen LogP contribution in [0.25, 0.3) is 0 Å². The molecule has 0 fully saturated rings. The van der Waals surface area contributed by atoms with Crippen molar-refractivity contribution in [3.05, 3.63) is 0 Å². The summed E-state index contributed by atoms with van der Waals surface area (Å²) in [5.41, 5.74) is 0. The van der Waals surface area contributed by atoms with Crippen molar-refractivity contribution in [2.24, 2.45) is 11.8 Å². The first-order chi connectivity index (χ1) is 6.68. The van der Waals surface area contributed by atoms with Gasteiger partial charge in [-0.1, -0.05) is 79.1 Å². The molecule has 0 heteroatoms. The third-order valence-corrected chi connectivity index (χ3v) is 3.40. The minimum atomic E-state index is 0.870. The Morgan fingerprint density at radius 2 is 1.21 bits per heavy atom. The van der Waals surface area contributed by atoms with Crippen LogP contribution in [-0.4, -0.2) is 0 Å². The van der Waals surface area contributed by atoms with Gasteiger partial charge in [0.1, 0.15) is 0 Å². The van der Waals surface area contributed by atoms with Crippen LogP contribution in [0.5, 0.6) is 0 Å². The Morgan fingerprint density at radius 1 is 0.714 bits per heavy atom. The van der Waals surface area contributed by atoms with Gasteiger partial charge in [0.05, 0.1) is 0 Å². The van der Waals surface area contributed by atoms with Gasteiger partial charge < -0.3 is 0 Å². The van der Waals surface area contributed by atoms with E-state index in [9.17, 15) is 0 Å². The molecule has 0 aromatic heterocycles. The fourth-order valence-corrected chi connectivity index (χ4v) is 1.76. The lowest BCUT2D eigenvalue weighted by Gasteiger charge is -2.14. The minimum absolute atomic E-state index is 0.870. The van der Waals surface area contributed by atoms with Gasteiger partial charge in [-0.2, -0.15) is 0 Å². The van der Waals surface area contributed by atoms with Crippen molar-refractivity contribution in [3.63, 3.8) is 0 Å². The maximum atomic E-state index is 2.39. The van der Waals surface area contributed by atoms with Gasteiger partial charge in [0, 0.05) is 0 Å². The summed E-state index contributed by atoms with van der Waals surface area (Å²) < 4.78 is 0. The number of hydrogen-bond acceptors (Lipinski definition) is 0. The van der Waals surface area contributed by atoms with E-state index in [0.717, 1.165) is 11.8 Å². The summed E-state index contributed by atoms with van der Waals surface area (Å²) in [7, 11) is 0. The van der Waals surface area contributed by atoms with E-state index in [1.54, 1.807) is 0 Å². The second kappa shape index (κ2) is 9.55. The van der Waals surface area contributed by atoms with Gasteiger partial charge in [0.2, 0.25) is 0 Å². The fraction of sp³-hybridized carbons (Fsp3) is 1.00. The fourth-order valence-electron chi connectivity index (χ4n) is 1.76. The monoisotopic (exact) mass is 198 g/mol. The maximum Gasteiger partial charge on any atom is -0.0420 e. The summed E-state index contributed by atoms with van der Waals surface area (Å²) in [6.07, 6.45) is 11.5. The zero-order valence-electron chi connectivity index (χ0n) is 10.8. The molecule has 0 rings (SSSR count). The summed E-state index contributed by atoms with van der Waals surface area (Å²) in [5.74, 6) is 1.79. The molecule has 0 aliphatic heterocycles. The molecule has 0 heterocycles. The predicted octanol–water partition coefficient (Wildman–Crippen LogP) is 5.42. The average Bonchev–Trinajstić information content (AvgIpc) is 2.16. The second-order valence-electron chi connectivity index (χ2n) is 5.13. The van der Waals surface area contributed by atoms with Gasteiger partial charge in [-0.25, -0.2) is 0 Å². The molecule has 86 valence electrons. The highest BCUT2D eigenvalue weighted by molar-refractivity contribution is 4.57. The van der Waals surface area contributed by atoms with Gasteiger partial charge in [0.25, 0.3) is 0 Å². The molecule has 0 aliphatic rings. The van der Waals surface area contributed by atoms with Crippen LogP contribution in [0.1, 0.15) is 79.1 Å². The zero-order chi connectivity index (χ0) is 10.8. The summed E-state index contributed by atoms with van der Waals surface area (Å²) in [4.78, 5) is 0. The van der Waals surface area contributed by atoms with E-state index in [4.69, 9.17) is 0 Å². The third-order valence-electron chi connectivity index (χ3n) is 3.40. The van der Waals surface area contributed by atoms with Crippen molar-refractivity contribution < 1.29 is 0 Å². The van der Waals surface area contributed by atoms with Crippen LogP contribution < -0.4 is 0 Å². The molecule has 14 heavy (non-hydrogen) atoms. The first kappa shape index (κ1) is 14.0. The molecule has 0 saturated carbocycles. The Hall–Kier alpha value is 0. The zero-order valence-corrected chi connectivity index (χ0v) is 10.8. The topological polar surface area (TPSA) is 0 Å². The van der Waals surface area contributed by atoms with E-state index >= 15 is 0 Å². The van der Waals surface area contributed by atoms with Gasteiger partial charge in [-0.3, -0.25) is 0 Å². The predicted molar refractivity (Wildman–Crippen MR) is 66.6 cm³/mol. The summed E-state index contributed by atoms with van der Waals surface area (Å²) in [5, 5.41) is 0. The lowest BCUT2D eigenvalue weighted by atomic mass is 9.92. The molecule has 0 amide bonds. The van der Waals surface area contributed by atoms with Gasteiger partial charge in [-0.15, -0.1) is 0 Å². The van der Waals surface area contributed by atoms with E-state index in [-0.39, 0.29) is 0 Å². The highest BCUT2D eigenvalue weighted by Gasteiger charge is 2.05. The average molecular weight is 198 g/mol. The van der Waals surface area contributed by atoms with Crippen molar-refractivity contribution in [2.45, 2.75) is 79.1 Å². The molecule has 0 aromatic rings. The highest BCUT2D eigenvalue weighted by Crippen LogP contribution is 2.18. The van der Waals surface area contributed by atoms with Crippen molar-refractivity contribution in [3.8, 4) is 0 Å². The molecule has 0 nitrogen and oxygen atoms in total. The van der Waals surface area contributed by atoms with Crippen molar-refractivity contribution in [1.29, 1.82) is 0 Å². The molecule has 1 unspecified atom stereocenters.